The van der Waals surface area contributed by atoms with Crippen molar-refractivity contribution in [3.05, 3.63) is 83.2 Å². The minimum Gasteiger partial charge on any atom is -0.478 e. The van der Waals surface area contributed by atoms with E-state index in [2.05, 4.69) is 14.7 Å². The van der Waals surface area contributed by atoms with Gasteiger partial charge in [0.2, 0.25) is 5.78 Å². The van der Waals surface area contributed by atoms with Gasteiger partial charge in [-0.25, -0.2) is 22.8 Å². The number of aromatic carboxylic acids is 1. The van der Waals surface area contributed by atoms with Crippen LogP contribution in [0.5, 0.6) is 0 Å². The number of fused-ring (bicyclic) bond motifs is 1. The van der Waals surface area contributed by atoms with E-state index in [1.807, 2.05) is 6.92 Å². The highest BCUT2D eigenvalue weighted by Gasteiger charge is 2.25. The van der Waals surface area contributed by atoms with Gasteiger partial charge in [0, 0.05) is 34.7 Å². The molecule has 2 heterocycles. The molecule has 0 spiro atoms. The standard InChI is InChI=1S/C24H19F2N3O4S/c1-2-8-34(33)29-19-7-6-18(25)20(21(19)26)22(30)17-12-28-23-16(17)10-15(11-27-23)13-4-3-5-14(9-13)24(31)32/h3-7,9-12,29H,2,8H2,1H3,(H,27,28)(H,31,32). The van der Waals surface area contributed by atoms with Crippen LogP contribution >= 0.6 is 0 Å². The van der Waals surface area contributed by atoms with Gasteiger partial charge in [-0.3, -0.25) is 4.79 Å². The number of ketones is 1. The molecule has 0 fully saturated rings. The van der Waals surface area contributed by atoms with Gasteiger partial charge >= 0.3 is 5.97 Å². The molecule has 1 atom stereocenters. The van der Waals surface area contributed by atoms with Crippen molar-refractivity contribution in [3.8, 4) is 11.1 Å². The summed E-state index contributed by atoms with van der Waals surface area (Å²) in [5, 5.41) is 9.55. The highest BCUT2D eigenvalue weighted by atomic mass is 32.2. The van der Waals surface area contributed by atoms with Gasteiger partial charge in [0.25, 0.3) is 0 Å². The maximum Gasteiger partial charge on any atom is 0.335 e. The molecule has 2 aromatic heterocycles. The van der Waals surface area contributed by atoms with Crippen molar-refractivity contribution in [2.75, 3.05) is 10.5 Å². The first kappa shape index (κ1) is 23.2. The summed E-state index contributed by atoms with van der Waals surface area (Å²) in [6, 6.07) is 9.82. The van der Waals surface area contributed by atoms with Crippen LogP contribution in [-0.4, -0.2) is 36.8 Å². The number of aromatic nitrogens is 2. The summed E-state index contributed by atoms with van der Waals surface area (Å²) >= 11 is 0. The van der Waals surface area contributed by atoms with E-state index in [4.69, 9.17) is 0 Å². The van der Waals surface area contributed by atoms with Gasteiger partial charge < -0.3 is 14.8 Å². The van der Waals surface area contributed by atoms with Crippen molar-refractivity contribution in [2.45, 2.75) is 13.3 Å². The van der Waals surface area contributed by atoms with E-state index >= 15 is 4.39 Å². The molecule has 0 aliphatic heterocycles. The fraction of sp³-hybridized carbons (Fsp3) is 0.125. The number of carbonyl (C=O) groups is 2. The first-order valence-corrected chi connectivity index (χ1v) is 11.6. The highest BCUT2D eigenvalue weighted by molar-refractivity contribution is 7.86. The van der Waals surface area contributed by atoms with Crippen LogP contribution in [0.1, 0.15) is 39.6 Å². The zero-order valence-corrected chi connectivity index (χ0v) is 18.7. The fourth-order valence-corrected chi connectivity index (χ4v) is 4.39. The van der Waals surface area contributed by atoms with E-state index in [1.54, 1.807) is 18.2 Å². The second-order valence-electron chi connectivity index (χ2n) is 7.47. The summed E-state index contributed by atoms with van der Waals surface area (Å²) in [6.07, 6.45) is 3.41. The lowest BCUT2D eigenvalue weighted by molar-refractivity contribution is 0.0696. The van der Waals surface area contributed by atoms with Gasteiger partial charge in [0.15, 0.2) is 5.82 Å². The minimum absolute atomic E-state index is 0.0108. The number of hydrogen-bond donors (Lipinski definition) is 3. The van der Waals surface area contributed by atoms with Gasteiger partial charge in [-0.1, -0.05) is 19.1 Å². The summed E-state index contributed by atoms with van der Waals surface area (Å²) < 4.78 is 44.1. The van der Waals surface area contributed by atoms with Crippen molar-refractivity contribution in [3.63, 3.8) is 0 Å². The number of nitrogens with one attached hydrogen (secondary N) is 2. The molecule has 10 heteroatoms. The maximum absolute atomic E-state index is 15.1. The average Bonchev–Trinajstić information content (AvgIpc) is 3.24. The summed E-state index contributed by atoms with van der Waals surface area (Å²) in [5.41, 5.74) is 0.450. The van der Waals surface area contributed by atoms with E-state index in [0.717, 1.165) is 12.1 Å². The van der Waals surface area contributed by atoms with Crippen molar-refractivity contribution in [2.24, 2.45) is 0 Å². The molecule has 0 aliphatic rings. The topological polar surface area (TPSA) is 112 Å². The largest absolute Gasteiger partial charge is 0.478 e. The number of benzene rings is 2. The van der Waals surface area contributed by atoms with Crippen LogP contribution in [0.15, 0.2) is 54.9 Å². The molecule has 0 saturated carbocycles. The third-order valence-corrected chi connectivity index (χ3v) is 6.38. The lowest BCUT2D eigenvalue weighted by Crippen LogP contribution is -2.13. The second-order valence-corrected chi connectivity index (χ2v) is 8.78. The van der Waals surface area contributed by atoms with Crippen LogP contribution in [0.25, 0.3) is 22.2 Å². The number of carboxylic acid groups (broad SMARTS) is 1. The average molecular weight is 483 g/mol. The Balaban J connectivity index is 1.77. The number of anilines is 1. The van der Waals surface area contributed by atoms with Crippen LogP contribution < -0.4 is 4.72 Å². The highest BCUT2D eigenvalue weighted by Crippen LogP contribution is 2.29. The Morgan fingerprint density at radius 2 is 1.94 bits per heavy atom. The Bertz CT molecular complexity index is 1450. The van der Waals surface area contributed by atoms with Crippen molar-refractivity contribution in [1.82, 2.24) is 9.97 Å². The molecule has 4 aromatic rings. The predicted molar refractivity (Wildman–Crippen MR) is 125 cm³/mol. The number of hydrogen-bond acceptors (Lipinski definition) is 4. The normalized spacial score (nSPS) is 12.0. The number of nitrogens with zero attached hydrogens (tertiary/aromatic N) is 1. The van der Waals surface area contributed by atoms with Crippen molar-refractivity contribution >= 4 is 39.5 Å². The minimum atomic E-state index is -1.58. The van der Waals surface area contributed by atoms with Gasteiger partial charge in [0.05, 0.1) is 16.8 Å². The number of rotatable bonds is 8. The first-order valence-electron chi connectivity index (χ1n) is 10.3. The maximum atomic E-state index is 15.1. The Morgan fingerprint density at radius 1 is 1.15 bits per heavy atom. The molecule has 2 aromatic carbocycles. The van der Waals surface area contributed by atoms with Crippen molar-refractivity contribution < 1.29 is 27.7 Å². The molecule has 3 N–H and O–H groups in total. The van der Waals surface area contributed by atoms with Crippen LogP contribution in [-0.2, 0) is 11.0 Å². The molecule has 0 aliphatic carbocycles. The Hall–Kier alpha value is -3.92. The van der Waals surface area contributed by atoms with Gasteiger partial charge in [-0.2, -0.15) is 0 Å². The molecule has 0 amide bonds. The van der Waals surface area contributed by atoms with Crippen LogP contribution in [0, 0.1) is 11.6 Å². The predicted octanol–water partition coefficient (Wildman–Crippen LogP) is 4.92. The number of carboxylic acids is 1. The van der Waals surface area contributed by atoms with Gasteiger partial charge in [0.1, 0.15) is 22.5 Å². The van der Waals surface area contributed by atoms with E-state index in [-0.39, 0.29) is 22.6 Å². The molecular formula is C24H19F2N3O4S. The summed E-state index contributed by atoms with van der Waals surface area (Å²) in [7, 11) is -1.58. The smallest absolute Gasteiger partial charge is 0.335 e. The molecular weight excluding hydrogens is 464 g/mol. The molecule has 174 valence electrons. The van der Waals surface area contributed by atoms with E-state index < -0.39 is 39.9 Å². The third kappa shape index (κ3) is 4.44. The van der Waals surface area contributed by atoms with Crippen molar-refractivity contribution in [1.29, 1.82) is 0 Å². The molecule has 7 nitrogen and oxygen atoms in total. The van der Waals surface area contributed by atoms with Gasteiger partial charge in [-0.05, 0) is 42.3 Å². The summed E-state index contributed by atoms with van der Waals surface area (Å²) in [5.74, 6) is -3.93. The molecule has 34 heavy (non-hydrogen) atoms. The number of pyridine rings is 1. The Labute approximate surface area is 195 Å². The SMILES string of the molecule is CCCS(=O)Nc1ccc(F)c(C(=O)c2c[nH]c3ncc(-c4cccc(C(=O)O)c4)cc23)c1F. The zero-order valence-electron chi connectivity index (χ0n) is 17.9. The van der Waals surface area contributed by atoms with Crippen LogP contribution in [0.2, 0.25) is 0 Å². The van der Waals surface area contributed by atoms with E-state index in [9.17, 15) is 23.3 Å². The first-order chi connectivity index (χ1) is 16.3. The summed E-state index contributed by atoms with van der Waals surface area (Å²) in [6.45, 7) is 1.81. The molecule has 1 unspecified atom stereocenters. The molecule has 4 rings (SSSR count). The number of H-pyrrole nitrogens is 1. The Morgan fingerprint density at radius 3 is 2.68 bits per heavy atom. The lowest BCUT2D eigenvalue weighted by atomic mass is 9.99. The quantitative estimate of drug-likeness (QED) is 0.308. The number of halogens is 2. The molecule has 0 radical (unpaired) electrons. The zero-order chi connectivity index (χ0) is 24.4. The van der Waals surface area contributed by atoms with Gasteiger partial charge in [-0.15, -0.1) is 0 Å². The lowest BCUT2D eigenvalue weighted by Gasteiger charge is -2.10. The van der Waals surface area contributed by atoms with Crippen LogP contribution in [0.3, 0.4) is 0 Å². The summed E-state index contributed by atoms with van der Waals surface area (Å²) in [4.78, 5) is 31.6. The fourth-order valence-electron chi connectivity index (χ4n) is 3.51. The van der Waals surface area contributed by atoms with E-state index in [0.29, 0.717) is 28.6 Å². The van der Waals surface area contributed by atoms with Crippen LogP contribution in [0.4, 0.5) is 14.5 Å². The monoisotopic (exact) mass is 483 g/mol. The third-order valence-electron chi connectivity index (χ3n) is 5.15. The molecule has 0 saturated heterocycles. The number of carbonyl (C=O) groups excluding carboxylic acids is 1. The Kier molecular flexibility index (Phi) is 6.51. The van der Waals surface area contributed by atoms with E-state index in [1.165, 1.54) is 24.5 Å². The second kappa shape index (κ2) is 9.52. The molecule has 0 bridgehead atoms. The number of aromatic amines is 1.